The lowest BCUT2D eigenvalue weighted by atomic mass is 9.43. The first-order valence-electron chi connectivity index (χ1n) is 10.2. The van der Waals surface area contributed by atoms with Crippen molar-refractivity contribution in [2.75, 3.05) is 0 Å². The van der Waals surface area contributed by atoms with Crippen molar-refractivity contribution in [3.05, 3.63) is 12.2 Å². The van der Waals surface area contributed by atoms with E-state index in [9.17, 15) is 5.11 Å². The summed E-state index contributed by atoms with van der Waals surface area (Å²) in [6, 6.07) is 0. The van der Waals surface area contributed by atoms with E-state index in [-0.39, 0.29) is 11.5 Å². The molecule has 0 aromatic carbocycles. The molecule has 4 saturated carbocycles. The minimum absolute atomic E-state index is 0.0837. The molecule has 8 atom stereocenters. The summed E-state index contributed by atoms with van der Waals surface area (Å²) in [6.07, 6.45) is 14.3. The minimum atomic E-state index is -0.0837. The average Bonchev–Trinajstić information content (AvgIpc) is 3.00. The van der Waals surface area contributed by atoms with Crippen LogP contribution in [0.5, 0.6) is 0 Å². The quantitative estimate of drug-likeness (QED) is 0.610. The van der Waals surface area contributed by atoms with E-state index in [1.807, 2.05) is 0 Å². The number of aliphatic hydroxyl groups excluding tert-OH is 1. The summed E-state index contributed by atoms with van der Waals surface area (Å²) >= 11 is 0. The molecule has 0 heterocycles. The number of allylic oxidation sites excluding steroid dienone is 2. The Balaban J connectivity index is 1.61. The van der Waals surface area contributed by atoms with Crippen molar-refractivity contribution in [1.29, 1.82) is 0 Å². The zero-order chi connectivity index (χ0) is 16.3. The van der Waals surface area contributed by atoms with Crippen LogP contribution in [0.25, 0.3) is 0 Å². The number of aliphatic hydroxyl groups is 1. The van der Waals surface area contributed by atoms with Gasteiger partial charge >= 0.3 is 0 Å². The van der Waals surface area contributed by atoms with Crippen LogP contribution >= 0.6 is 0 Å². The minimum Gasteiger partial charge on any atom is -0.393 e. The van der Waals surface area contributed by atoms with Crippen molar-refractivity contribution in [3.63, 3.8) is 0 Å². The lowest BCUT2D eigenvalue weighted by molar-refractivity contribution is -0.135. The fraction of sp³-hybridized carbons (Fsp3) is 0.909. The monoisotopic (exact) mass is 314 g/mol. The van der Waals surface area contributed by atoms with Crippen LogP contribution in [0.3, 0.4) is 0 Å². The molecule has 3 spiro atoms. The van der Waals surface area contributed by atoms with Crippen molar-refractivity contribution in [3.8, 4) is 0 Å². The number of hydrogen-bond donors (Lipinski definition) is 1. The van der Waals surface area contributed by atoms with Gasteiger partial charge in [-0.3, -0.25) is 0 Å². The molecule has 5 aliphatic carbocycles. The van der Waals surface area contributed by atoms with Crippen molar-refractivity contribution >= 4 is 0 Å². The molecule has 8 unspecified atom stereocenters. The zero-order valence-electron chi connectivity index (χ0n) is 15.4. The second-order valence-corrected chi connectivity index (χ2v) is 10.5. The number of rotatable bonds is 0. The Bertz CT molecular complexity index is 577. The van der Waals surface area contributed by atoms with Gasteiger partial charge in [-0.25, -0.2) is 0 Å². The molecule has 1 N–H and O–H groups in total. The summed E-state index contributed by atoms with van der Waals surface area (Å²) in [5.74, 6) is 3.45. The largest absolute Gasteiger partial charge is 0.393 e. The van der Waals surface area contributed by atoms with E-state index in [4.69, 9.17) is 0 Å². The first kappa shape index (κ1) is 15.0. The highest BCUT2D eigenvalue weighted by Gasteiger charge is 2.84. The van der Waals surface area contributed by atoms with Crippen LogP contribution < -0.4 is 0 Å². The SMILES string of the molecule is CC1CCC23C(CCC4C(C)(C)C(O)CCC42C3C)C12C=CC2. The van der Waals surface area contributed by atoms with Crippen LogP contribution in [0.4, 0.5) is 0 Å². The van der Waals surface area contributed by atoms with E-state index in [0.717, 1.165) is 30.1 Å². The molecule has 0 amide bonds. The van der Waals surface area contributed by atoms with Crippen molar-refractivity contribution in [1.82, 2.24) is 0 Å². The van der Waals surface area contributed by atoms with E-state index in [0.29, 0.717) is 16.2 Å². The van der Waals surface area contributed by atoms with Gasteiger partial charge in [-0.2, -0.15) is 0 Å². The van der Waals surface area contributed by atoms with Gasteiger partial charge in [0.1, 0.15) is 0 Å². The van der Waals surface area contributed by atoms with Gasteiger partial charge in [0, 0.05) is 0 Å². The molecule has 4 fully saturated rings. The van der Waals surface area contributed by atoms with Gasteiger partial charge in [0.25, 0.3) is 0 Å². The van der Waals surface area contributed by atoms with E-state index < -0.39 is 0 Å². The molecule has 0 radical (unpaired) electrons. The predicted octanol–water partition coefficient (Wildman–Crippen LogP) is 5.19. The third-order valence-electron chi connectivity index (χ3n) is 10.4. The molecule has 0 aliphatic heterocycles. The lowest BCUT2D eigenvalue weighted by Gasteiger charge is -2.62. The first-order chi connectivity index (χ1) is 10.8. The van der Waals surface area contributed by atoms with Crippen molar-refractivity contribution < 1.29 is 5.11 Å². The van der Waals surface area contributed by atoms with E-state index >= 15 is 0 Å². The van der Waals surface area contributed by atoms with Crippen molar-refractivity contribution in [2.45, 2.75) is 78.7 Å². The van der Waals surface area contributed by atoms with Gasteiger partial charge in [0.05, 0.1) is 6.10 Å². The zero-order valence-corrected chi connectivity index (χ0v) is 15.4. The van der Waals surface area contributed by atoms with Gasteiger partial charge in [0.15, 0.2) is 0 Å². The maximum absolute atomic E-state index is 10.7. The van der Waals surface area contributed by atoms with Gasteiger partial charge in [-0.1, -0.05) is 39.8 Å². The fourth-order valence-electron chi connectivity index (χ4n) is 9.07. The molecule has 0 bridgehead atoms. The topological polar surface area (TPSA) is 20.2 Å². The molecule has 128 valence electrons. The van der Waals surface area contributed by atoms with E-state index in [2.05, 4.69) is 39.8 Å². The summed E-state index contributed by atoms with van der Waals surface area (Å²) in [4.78, 5) is 0. The Kier molecular flexibility index (Phi) is 2.66. The summed E-state index contributed by atoms with van der Waals surface area (Å²) in [7, 11) is 0. The van der Waals surface area contributed by atoms with Crippen LogP contribution in [-0.4, -0.2) is 11.2 Å². The standard InChI is InChI=1S/C22H34O/c1-14-8-12-22-15(2)21(22)13-9-18(23)19(3,4)16(21)6-7-17(22)20(14)10-5-11-20/h5,10,14-18,23H,6-9,11-13H2,1-4H3. The average molecular weight is 315 g/mol. The molecule has 5 rings (SSSR count). The van der Waals surface area contributed by atoms with Crippen molar-refractivity contribution in [2.24, 2.45) is 45.3 Å². The Morgan fingerprint density at radius 2 is 1.52 bits per heavy atom. The Labute approximate surface area is 141 Å². The van der Waals surface area contributed by atoms with Crippen LogP contribution in [0, 0.1) is 45.3 Å². The molecule has 23 heavy (non-hydrogen) atoms. The highest BCUT2D eigenvalue weighted by atomic mass is 16.3. The normalized spacial score (nSPS) is 62.0. The lowest BCUT2D eigenvalue weighted by Crippen LogP contribution is -2.56. The molecule has 0 aromatic rings. The summed E-state index contributed by atoms with van der Waals surface area (Å²) in [5.41, 5.74) is 1.84. The molecule has 0 aromatic heterocycles. The van der Waals surface area contributed by atoms with Gasteiger partial charge in [-0.05, 0) is 90.3 Å². The number of fused-ring (bicyclic) bond motifs is 1. The molecular formula is C22H34O. The van der Waals surface area contributed by atoms with Gasteiger partial charge < -0.3 is 5.11 Å². The second-order valence-electron chi connectivity index (χ2n) is 10.5. The van der Waals surface area contributed by atoms with Gasteiger partial charge in [0.2, 0.25) is 0 Å². The molecule has 5 aliphatic rings. The van der Waals surface area contributed by atoms with Gasteiger partial charge in [-0.15, -0.1) is 0 Å². The van der Waals surface area contributed by atoms with E-state index in [1.165, 1.54) is 38.5 Å². The molecular weight excluding hydrogens is 280 g/mol. The third kappa shape index (κ3) is 1.33. The van der Waals surface area contributed by atoms with Crippen LogP contribution in [0.15, 0.2) is 12.2 Å². The first-order valence-corrected chi connectivity index (χ1v) is 10.2. The Morgan fingerprint density at radius 1 is 0.913 bits per heavy atom. The summed E-state index contributed by atoms with van der Waals surface area (Å²) in [5, 5.41) is 10.7. The predicted molar refractivity (Wildman–Crippen MR) is 93.9 cm³/mol. The fourth-order valence-corrected chi connectivity index (χ4v) is 9.07. The van der Waals surface area contributed by atoms with Crippen LogP contribution in [0.1, 0.15) is 72.6 Å². The second kappa shape index (κ2) is 4.09. The number of hydrogen-bond acceptors (Lipinski definition) is 1. The Hall–Kier alpha value is -0.300. The van der Waals surface area contributed by atoms with Crippen LogP contribution in [-0.2, 0) is 0 Å². The van der Waals surface area contributed by atoms with Crippen LogP contribution in [0.2, 0.25) is 0 Å². The highest BCUT2D eigenvalue weighted by Crippen LogP contribution is 2.89. The summed E-state index contributed by atoms with van der Waals surface area (Å²) in [6.45, 7) is 9.85. The van der Waals surface area contributed by atoms with E-state index in [1.54, 1.807) is 0 Å². The highest BCUT2D eigenvalue weighted by molar-refractivity contribution is 5.35. The molecule has 1 heteroatoms. The smallest absolute Gasteiger partial charge is 0.0594 e. The Morgan fingerprint density at radius 3 is 2.17 bits per heavy atom. The summed E-state index contributed by atoms with van der Waals surface area (Å²) < 4.78 is 0. The molecule has 0 saturated heterocycles. The maximum atomic E-state index is 10.7. The molecule has 1 nitrogen and oxygen atoms in total. The third-order valence-corrected chi connectivity index (χ3v) is 10.4. The maximum Gasteiger partial charge on any atom is 0.0594 e.